The van der Waals surface area contributed by atoms with Crippen LogP contribution in [0.3, 0.4) is 0 Å². The number of aromatic carboxylic acids is 1. The molecule has 2 aromatic rings. The molecule has 1 atom stereocenters. The third kappa shape index (κ3) is 2.90. The van der Waals surface area contributed by atoms with Crippen LogP contribution in [0.4, 0.5) is 0 Å². The molecule has 1 aromatic carbocycles. The van der Waals surface area contributed by atoms with Crippen molar-refractivity contribution in [2.45, 2.75) is 25.1 Å². The SMILES string of the molecule is O=C(C[C@H]1Cc2cccc(C(=O)O)c2OB1O)c1cnc2c(c1)C=CC2. The maximum Gasteiger partial charge on any atom is 0.526 e. The topological polar surface area (TPSA) is 96.7 Å². The first-order chi connectivity index (χ1) is 12.5. The molecule has 2 heterocycles. The minimum Gasteiger partial charge on any atom is -0.535 e. The van der Waals surface area contributed by atoms with E-state index in [1.807, 2.05) is 18.2 Å². The van der Waals surface area contributed by atoms with Gasteiger partial charge < -0.3 is 14.8 Å². The molecule has 0 spiro atoms. The molecule has 1 aromatic heterocycles. The number of Topliss-reactive ketones (excluding diaryl/α,β-unsaturated/α-hetero) is 1. The lowest BCUT2D eigenvalue weighted by atomic mass is 9.64. The minimum absolute atomic E-state index is 0.0148. The molecular weight excluding hydrogens is 333 g/mol. The summed E-state index contributed by atoms with van der Waals surface area (Å²) in [6.45, 7) is 0. The van der Waals surface area contributed by atoms with Gasteiger partial charge in [0.05, 0.1) is 11.3 Å². The molecule has 0 amide bonds. The third-order valence-corrected chi connectivity index (χ3v) is 4.83. The fourth-order valence-electron chi connectivity index (χ4n) is 3.46. The predicted molar refractivity (Wildman–Crippen MR) is 95.4 cm³/mol. The maximum absolute atomic E-state index is 12.6. The Morgan fingerprint density at radius 2 is 2.19 bits per heavy atom. The highest BCUT2D eigenvalue weighted by Crippen LogP contribution is 2.36. The van der Waals surface area contributed by atoms with E-state index in [1.165, 1.54) is 6.07 Å². The lowest BCUT2D eigenvalue weighted by molar-refractivity contribution is 0.0693. The number of carboxylic acids is 1. The number of aromatic nitrogens is 1. The van der Waals surface area contributed by atoms with E-state index in [0.29, 0.717) is 17.5 Å². The van der Waals surface area contributed by atoms with Crippen LogP contribution in [0.1, 0.15) is 44.0 Å². The van der Waals surface area contributed by atoms with Crippen LogP contribution < -0.4 is 4.65 Å². The highest BCUT2D eigenvalue weighted by molar-refractivity contribution is 6.47. The quantitative estimate of drug-likeness (QED) is 0.650. The summed E-state index contributed by atoms with van der Waals surface area (Å²) >= 11 is 0. The van der Waals surface area contributed by atoms with Gasteiger partial charge in [-0.15, -0.1) is 0 Å². The van der Waals surface area contributed by atoms with Crippen molar-refractivity contribution in [2.75, 3.05) is 0 Å². The van der Waals surface area contributed by atoms with Gasteiger partial charge in [0, 0.05) is 30.4 Å². The second kappa shape index (κ2) is 6.42. The minimum atomic E-state index is -1.23. The van der Waals surface area contributed by atoms with Crippen LogP contribution in [0.15, 0.2) is 36.5 Å². The average Bonchev–Trinajstić information content (AvgIpc) is 3.09. The van der Waals surface area contributed by atoms with Gasteiger partial charge in [-0.3, -0.25) is 9.78 Å². The normalized spacial score (nSPS) is 17.4. The van der Waals surface area contributed by atoms with E-state index in [4.69, 9.17) is 4.65 Å². The Bertz CT molecular complexity index is 940. The first kappa shape index (κ1) is 16.5. The molecule has 0 saturated heterocycles. The largest absolute Gasteiger partial charge is 0.535 e. The summed E-state index contributed by atoms with van der Waals surface area (Å²) in [5.74, 6) is -1.49. The van der Waals surface area contributed by atoms with E-state index >= 15 is 0 Å². The summed E-state index contributed by atoms with van der Waals surface area (Å²) < 4.78 is 5.44. The number of nitrogens with zero attached hydrogens (tertiary/aromatic N) is 1. The maximum atomic E-state index is 12.6. The van der Waals surface area contributed by atoms with Crippen LogP contribution in [0.25, 0.3) is 6.08 Å². The third-order valence-electron chi connectivity index (χ3n) is 4.83. The second-order valence-corrected chi connectivity index (χ2v) is 6.57. The Labute approximate surface area is 150 Å². The zero-order valence-corrected chi connectivity index (χ0v) is 13.9. The van der Waals surface area contributed by atoms with Crippen molar-refractivity contribution in [3.63, 3.8) is 0 Å². The number of para-hydroxylation sites is 1. The number of benzene rings is 1. The van der Waals surface area contributed by atoms with Crippen molar-refractivity contribution >= 4 is 24.9 Å². The standard InChI is InChI=1S/C19H16BNO5/c22-17(13-7-11-3-2-6-16(11)21-10-13)9-14-8-12-4-1-5-15(19(23)24)18(12)26-20(14)25/h1-5,7,10,14,25H,6,8-9H2,(H,23,24)/t14-/m1/s1. The fourth-order valence-corrected chi connectivity index (χ4v) is 3.46. The van der Waals surface area contributed by atoms with Gasteiger partial charge in [-0.25, -0.2) is 4.79 Å². The van der Waals surface area contributed by atoms with Gasteiger partial charge in [-0.1, -0.05) is 24.3 Å². The average molecular weight is 349 g/mol. The summed E-state index contributed by atoms with van der Waals surface area (Å²) in [5.41, 5.74) is 3.11. The van der Waals surface area contributed by atoms with E-state index < -0.39 is 18.9 Å². The van der Waals surface area contributed by atoms with Crippen molar-refractivity contribution in [2.24, 2.45) is 0 Å². The van der Waals surface area contributed by atoms with E-state index in [2.05, 4.69) is 4.98 Å². The van der Waals surface area contributed by atoms with E-state index in [-0.39, 0.29) is 23.5 Å². The number of pyridine rings is 1. The highest BCUT2D eigenvalue weighted by Gasteiger charge is 2.38. The van der Waals surface area contributed by atoms with Gasteiger partial charge >= 0.3 is 13.1 Å². The number of hydrogen-bond donors (Lipinski definition) is 2. The van der Waals surface area contributed by atoms with Gasteiger partial charge in [0.25, 0.3) is 0 Å². The molecule has 26 heavy (non-hydrogen) atoms. The molecule has 0 unspecified atom stereocenters. The van der Waals surface area contributed by atoms with Crippen LogP contribution in [-0.2, 0) is 12.8 Å². The number of carbonyl (C=O) groups is 2. The Balaban J connectivity index is 1.54. The molecule has 0 fully saturated rings. The molecule has 130 valence electrons. The van der Waals surface area contributed by atoms with E-state index in [9.17, 15) is 19.7 Å². The molecule has 6 nitrogen and oxygen atoms in total. The van der Waals surface area contributed by atoms with E-state index in [0.717, 1.165) is 17.7 Å². The van der Waals surface area contributed by atoms with E-state index in [1.54, 1.807) is 18.3 Å². The highest BCUT2D eigenvalue weighted by atomic mass is 16.5. The number of rotatable bonds is 4. The zero-order valence-electron chi connectivity index (χ0n) is 13.9. The number of carbonyl (C=O) groups excluding carboxylic acids is 1. The first-order valence-corrected chi connectivity index (χ1v) is 8.41. The number of fused-ring (bicyclic) bond motifs is 2. The van der Waals surface area contributed by atoms with Gasteiger partial charge in [-0.05, 0) is 29.7 Å². The number of ketones is 1. The fraction of sp³-hybridized carbons (Fsp3) is 0.211. The molecular formula is C19H16BNO5. The van der Waals surface area contributed by atoms with Gasteiger partial charge in [-0.2, -0.15) is 0 Å². The molecule has 2 N–H and O–H groups in total. The summed E-state index contributed by atoms with van der Waals surface area (Å²) in [6, 6.07) is 6.65. The Morgan fingerprint density at radius 3 is 3.00 bits per heavy atom. The Morgan fingerprint density at radius 1 is 1.35 bits per heavy atom. The molecule has 7 heteroatoms. The van der Waals surface area contributed by atoms with Crippen molar-refractivity contribution in [1.82, 2.24) is 4.98 Å². The molecule has 4 rings (SSSR count). The van der Waals surface area contributed by atoms with Crippen molar-refractivity contribution in [3.05, 3.63) is 64.5 Å². The zero-order chi connectivity index (χ0) is 18.3. The lowest BCUT2D eigenvalue weighted by Gasteiger charge is -2.28. The van der Waals surface area contributed by atoms with Crippen LogP contribution in [0.5, 0.6) is 5.75 Å². The molecule has 0 bridgehead atoms. The number of carboxylic acid groups (broad SMARTS) is 1. The Kier molecular flexibility index (Phi) is 4.08. The number of allylic oxidation sites excluding steroid dienone is 1. The molecule has 2 aliphatic rings. The van der Waals surface area contributed by atoms with Crippen LogP contribution >= 0.6 is 0 Å². The summed E-state index contributed by atoms with van der Waals surface area (Å²) in [5, 5.41) is 19.5. The molecule has 1 aliphatic heterocycles. The molecule has 0 radical (unpaired) electrons. The monoisotopic (exact) mass is 349 g/mol. The van der Waals surface area contributed by atoms with Crippen LogP contribution in [0, 0.1) is 0 Å². The predicted octanol–water partition coefficient (Wildman–Crippen LogP) is 2.41. The van der Waals surface area contributed by atoms with Gasteiger partial charge in [0.2, 0.25) is 0 Å². The van der Waals surface area contributed by atoms with Gasteiger partial charge in [0.1, 0.15) is 5.75 Å². The van der Waals surface area contributed by atoms with Crippen molar-refractivity contribution < 1.29 is 24.4 Å². The van der Waals surface area contributed by atoms with Crippen LogP contribution in [0.2, 0.25) is 5.82 Å². The Hall–Kier alpha value is -2.93. The van der Waals surface area contributed by atoms with Gasteiger partial charge in [0.15, 0.2) is 5.78 Å². The lowest BCUT2D eigenvalue weighted by Crippen LogP contribution is -2.35. The number of hydrogen-bond acceptors (Lipinski definition) is 5. The smallest absolute Gasteiger partial charge is 0.526 e. The molecule has 1 aliphatic carbocycles. The summed E-state index contributed by atoms with van der Waals surface area (Å²) in [7, 11) is -1.23. The summed E-state index contributed by atoms with van der Waals surface area (Å²) in [4.78, 5) is 28.2. The second-order valence-electron chi connectivity index (χ2n) is 6.57. The summed E-state index contributed by atoms with van der Waals surface area (Å²) in [6.07, 6.45) is 6.77. The molecule has 0 saturated carbocycles. The van der Waals surface area contributed by atoms with Crippen molar-refractivity contribution in [1.29, 1.82) is 0 Å². The first-order valence-electron chi connectivity index (χ1n) is 8.41. The van der Waals surface area contributed by atoms with Crippen molar-refractivity contribution in [3.8, 4) is 5.75 Å². The van der Waals surface area contributed by atoms with Crippen LogP contribution in [-0.4, -0.2) is 34.0 Å².